The monoisotopic (exact) mass is 472 g/mol. The molecule has 0 radical (unpaired) electrons. The van der Waals surface area contributed by atoms with E-state index < -0.39 is 25.2 Å². The number of hydrogen-bond donors (Lipinski definition) is 2. The Labute approximate surface area is 160 Å². The minimum atomic E-state index is -4.44. The van der Waals surface area contributed by atoms with E-state index in [2.05, 4.69) is 10.3 Å². The van der Waals surface area contributed by atoms with Crippen LogP contribution >= 0.6 is 24.0 Å². The molecule has 0 aromatic heterocycles. The molecule has 1 aliphatic heterocycles. The molecule has 1 atom stereocenters. The van der Waals surface area contributed by atoms with Crippen molar-refractivity contribution in [2.45, 2.75) is 18.6 Å². The summed E-state index contributed by atoms with van der Waals surface area (Å²) >= 11 is 0. The summed E-state index contributed by atoms with van der Waals surface area (Å²) in [7, 11) is 1.07. The van der Waals surface area contributed by atoms with Crippen LogP contribution in [0.2, 0.25) is 0 Å². The molecule has 140 valence electrons. The second-order valence-corrected chi connectivity index (χ2v) is 5.44. The Bertz CT molecular complexity index is 625. The minimum absolute atomic E-state index is 0. The average molecular weight is 472 g/mol. The first-order valence-electron chi connectivity index (χ1n) is 7.35. The van der Waals surface area contributed by atoms with Crippen LogP contribution < -0.4 is 15.8 Å². The number of likely N-dealkylation sites (N-methyl/N-ethyl adjacent to an activating group) is 1. The van der Waals surface area contributed by atoms with Gasteiger partial charge in [0.05, 0.1) is 12.6 Å². The van der Waals surface area contributed by atoms with Crippen LogP contribution in [0.3, 0.4) is 0 Å². The number of nitrogens with zero attached hydrogens (tertiary/aromatic N) is 2. The Morgan fingerprint density at radius 2 is 2.12 bits per heavy atom. The first-order chi connectivity index (χ1) is 11.3. The summed E-state index contributed by atoms with van der Waals surface area (Å²) in [4.78, 5) is 16.0. The third-order valence-electron chi connectivity index (χ3n) is 3.51. The van der Waals surface area contributed by atoms with Gasteiger partial charge in [-0.3, -0.25) is 4.79 Å². The number of para-hydroxylation sites is 1. The summed E-state index contributed by atoms with van der Waals surface area (Å²) in [6, 6.07) is 7.33. The summed E-state index contributed by atoms with van der Waals surface area (Å²) in [5, 5.41) is 2.97. The number of rotatable bonds is 4. The highest BCUT2D eigenvalue weighted by atomic mass is 127. The summed E-state index contributed by atoms with van der Waals surface area (Å²) < 4.78 is 42.2. The van der Waals surface area contributed by atoms with Crippen LogP contribution in [0.15, 0.2) is 29.3 Å². The summed E-state index contributed by atoms with van der Waals surface area (Å²) in [6.07, 6.45) is -3.78. The zero-order chi connectivity index (χ0) is 17.7. The van der Waals surface area contributed by atoms with E-state index in [9.17, 15) is 18.0 Å². The number of fused-ring (bicyclic) bond motifs is 1. The van der Waals surface area contributed by atoms with Gasteiger partial charge in [-0.1, -0.05) is 18.2 Å². The van der Waals surface area contributed by atoms with Crippen LogP contribution in [0.25, 0.3) is 0 Å². The molecule has 0 saturated carbocycles. The van der Waals surface area contributed by atoms with E-state index in [-0.39, 0.29) is 36.0 Å². The van der Waals surface area contributed by atoms with Gasteiger partial charge in [0, 0.05) is 19.0 Å². The normalized spacial score (nSPS) is 17.0. The lowest BCUT2D eigenvalue weighted by Gasteiger charge is -2.27. The molecule has 25 heavy (non-hydrogen) atoms. The smallest absolute Gasteiger partial charge is 0.406 e. The van der Waals surface area contributed by atoms with Crippen molar-refractivity contribution in [1.29, 1.82) is 0 Å². The lowest BCUT2D eigenvalue weighted by Crippen LogP contribution is -2.40. The van der Waals surface area contributed by atoms with Crippen LogP contribution in [-0.2, 0) is 4.79 Å². The van der Waals surface area contributed by atoms with Crippen molar-refractivity contribution in [1.82, 2.24) is 10.2 Å². The summed E-state index contributed by atoms with van der Waals surface area (Å²) in [6.45, 7) is -1.26. The van der Waals surface area contributed by atoms with Crippen molar-refractivity contribution < 1.29 is 22.7 Å². The van der Waals surface area contributed by atoms with Crippen LogP contribution in [0.1, 0.15) is 18.0 Å². The second kappa shape index (κ2) is 9.11. The molecular weight excluding hydrogens is 452 g/mol. The molecule has 0 spiro atoms. The van der Waals surface area contributed by atoms with E-state index in [1.807, 2.05) is 24.3 Å². The van der Waals surface area contributed by atoms with Crippen molar-refractivity contribution >= 4 is 35.8 Å². The first-order valence-corrected chi connectivity index (χ1v) is 7.35. The van der Waals surface area contributed by atoms with Gasteiger partial charge in [-0.2, -0.15) is 13.2 Å². The van der Waals surface area contributed by atoms with Crippen LogP contribution in [0.5, 0.6) is 5.75 Å². The highest BCUT2D eigenvalue weighted by Gasteiger charge is 2.31. The van der Waals surface area contributed by atoms with E-state index in [1.165, 1.54) is 0 Å². The van der Waals surface area contributed by atoms with Crippen LogP contribution in [-0.4, -0.2) is 49.7 Å². The van der Waals surface area contributed by atoms with Crippen LogP contribution in [0, 0.1) is 0 Å². The Morgan fingerprint density at radius 1 is 1.44 bits per heavy atom. The number of carbonyl (C=O) groups is 1. The van der Waals surface area contributed by atoms with E-state index in [1.54, 1.807) is 0 Å². The van der Waals surface area contributed by atoms with Gasteiger partial charge in [0.1, 0.15) is 18.8 Å². The zero-order valence-electron chi connectivity index (χ0n) is 13.5. The summed E-state index contributed by atoms with van der Waals surface area (Å²) in [5.74, 6) is -0.00930. The number of nitrogens with one attached hydrogen (secondary N) is 1. The minimum Gasteiger partial charge on any atom is -0.493 e. The molecule has 0 aliphatic carbocycles. The molecule has 0 fully saturated rings. The predicted octanol–water partition coefficient (Wildman–Crippen LogP) is 2.05. The highest BCUT2D eigenvalue weighted by molar-refractivity contribution is 14.0. The number of nitrogens with two attached hydrogens (primary N) is 1. The van der Waals surface area contributed by atoms with E-state index in [4.69, 9.17) is 10.5 Å². The predicted molar refractivity (Wildman–Crippen MR) is 98.0 cm³/mol. The molecule has 1 aromatic rings. The molecule has 0 bridgehead atoms. The number of ether oxygens (including phenoxy) is 1. The van der Waals surface area contributed by atoms with E-state index in [0.717, 1.165) is 18.4 Å². The van der Waals surface area contributed by atoms with Crippen molar-refractivity contribution in [2.75, 3.05) is 26.7 Å². The quantitative estimate of drug-likeness (QED) is 0.400. The Hall–Kier alpha value is -1.72. The average Bonchev–Trinajstić information content (AvgIpc) is 2.51. The van der Waals surface area contributed by atoms with Crippen molar-refractivity contribution in [2.24, 2.45) is 10.7 Å². The number of hydrogen-bond acceptors (Lipinski definition) is 3. The van der Waals surface area contributed by atoms with Gasteiger partial charge in [0.2, 0.25) is 5.91 Å². The molecule has 1 aliphatic rings. The number of aliphatic imine (C=N–C) groups is 1. The fourth-order valence-corrected chi connectivity index (χ4v) is 2.35. The Morgan fingerprint density at radius 3 is 2.80 bits per heavy atom. The maximum absolute atomic E-state index is 12.2. The van der Waals surface area contributed by atoms with Gasteiger partial charge >= 0.3 is 6.18 Å². The second-order valence-electron chi connectivity index (χ2n) is 5.44. The van der Waals surface area contributed by atoms with Gasteiger partial charge < -0.3 is 20.7 Å². The fourth-order valence-electron chi connectivity index (χ4n) is 2.35. The molecule has 1 amide bonds. The van der Waals surface area contributed by atoms with Gasteiger partial charge in [-0.15, -0.1) is 24.0 Å². The number of carbonyl (C=O) groups excluding carboxylic acids is 1. The van der Waals surface area contributed by atoms with Crippen LogP contribution in [0.4, 0.5) is 13.2 Å². The van der Waals surface area contributed by atoms with Crippen molar-refractivity contribution in [3.05, 3.63) is 29.8 Å². The van der Waals surface area contributed by atoms with E-state index >= 15 is 0 Å². The topological polar surface area (TPSA) is 80.0 Å². The molecular formula is C15H20F3IN4O2. The molecule has 1 aromatic carbocycles. The van der Waals surface area contributed by atoms with Gasteiger partial charge in [-0.25, -0.2) is 4.99 Å². The standard InChI is InChI=1S/C15H19F3N4O2.HI/c1-22(9-15(16,17)18)13(23)8-20-14(19)21-11-6-7-24-12-5-3-2-4-10(11)12;/h2-5,11H,6-9H2,1H3,(H3,19,20,21);1H. The molecule has 1 unspecified atom stereocenters. The first kappa shape index (κ1) is 21.3. The Balaban J connectivity index is 0.00000312. The lowest BCUT2D eigenvalue weighted by atomic mass is 10.0. The van der Waals surface area contributed by atoms with Gasteiger partial charge in [0.25, 0.3) is 0 Å². The largest absolute Gasteiger partial charge is 0.493 e. The SMILES string of the molecule is CN(CC(F)(F)F)C(=O)CN=C(N)NC1CCOc2ccccc21.I. The lowest BCUT2D eigenvalue weighted by molar-refractivity contribution is -0.157. The van der Waals surface area contributed by atoms with Gasteiger partial charge in [-0.05, 0) is 6.07 Å². The third-order valence-corrected chi connectivity index (χ3v) is 3.51. The number of alkyl halides is 3. The molecule has 6 nitrogen and oxygen atoms in total. The number of amides is 1. The molecule has 2 rings (SSSR count). The number of benzene rings is 1. The highest BCUT2D eigenvalue weighted by Crippen LogP contribution is 2.31. The fraction of sp³-hybridized carbons (Fsp3) is 0.467. The van der Waals surface area contributed by atoms with Crippen molar-refractivity contribution in [3.8, 4) is 5.75 Å². The molecule has 1 heterocycles. The summed E-state index contributed by atoms with van der Waals surface area (Å²) in [5.41, 5.74) is 6.66. The molecule has 10 heteroatoms. The number of guanidine groups is 1. The molecule has 0 saturated heterocycles. The van der Waals surface area contributed by atoms with Crippen molar-refractivity contribution in [3.63, 3.8) is 0 Å². The maximum Gasteiger partial charge on any atom is 0.406 e. The van der Waals surface area contributed by atoms with Gasteiger partial charge in [0.15, 0.2) is 5.96 Å². The maximum atomic E-state index is 12.2. The molecule has 3 N–H and O–H groups in total. The third kappa shape index (κ3) is 6.59. The Kier molecular flexibility index (Phi) is 7.77. The number of halogens is 4. The zero-order valence-corrected chi connectivity index (χ0v) is 15.9. The van der Waals surface area contributed by atoms with E-state index in [0.29, 0.717) is 17.9 Å².